The van der Waals surface area contributed by atoms with Crippen LogP contribution in [0.4, 0.5) is 0 Å². The van der Waals surface area contributed by atoms with Crippen molar-refractivity contribution in [2.45, 2.75) is 0 Å². The normalized spacial score (nSPS) is 11.8. The maximum absolute atomic E-state index is 5.26. The first kappa shape index (κ1) is 29.7. The third-order valence-corrected chi connectivity index (χ3v) is 11.2. The van der Waals surface area contributed by atoms with Gasteiger partial charge in [-0.25, -0.2) is 9.97 Å². The van der Waals surface area contributed by atoms with Crippen molar-refractivity contribution in [3.63, 3.8) is 0 Å². The predicted octanol–water partition coefficient (Wildman–Crippen LogP) is 11.9. The number of aromatic amines is 1. The average molecular weight is 697 g/mol. The minimum atomic E-state index is 0.594. The topological polar surface area (TPSA) is 72.3 Å². The van der Waals surface area contributed by atoms with Gasteiger partial charge in [0.1, 0.15) is 5.82 Å². The Labute approximate surface area is 307 Å². The molecule has 0 amide bonds. The van der Waals surface area contributed by atoms with E-state index in [1.54, 1.807) is 11.3 Å². The Balaban J connectivity index is 1.05. The quantitative estimate of drug-likeness (QED) is 0.194. The first-order valence-corrected chi connectivity index (χ1v) is 18.4. The lowest BCUT2D eigenvalue weighted by Crippen LogP contribution is -2.06. The molecule has 0 radical (unpaired) electrons. The molecule has 4 heterocycles. The zero-order valence-electron chi connectivity index (χ0n) is 28.2. The molecule has 7 aromatic carbocycles. The van der Waals surface area contributed by atoms with E-state index < -0.39 is 0 Å². The van der Waals surface area contributed by atoms with Crippen LogP contribution in [0, 0.1) is 0 Å². The number of thiophene rings is 1. The van der Waals surface area contributed by atoms with Crippen molar-refractivity contribution in [1.82, 2.24) is 29.5 Å². The smallest absolute Gasteiger partial charge is 0.238 e. The van der Waals surface area contributed by atoms with E-state index in [4.69, 9.17) is 19.9 Å². The first-order chi connectivity index (χ1) is 26.2. The summed E-state index contributed by atoms with van der Waals surface area (Å²) < 4.78 is 4.57. The van der Waals surface area contributed by atoms with E-state index in [0.717, 1.165) is 66.3 Å². The summed E-state index contributed by atoms with van der Waals surface area (Å²) in [5.74, 6) is 2.75. The van der Waals surface area contributed by atoms with E-state index >= 15 is 0 Å². The van der Waals surface area contributed by atoms with E-state index in [-0.39, 0.29) is 0 Å². The van der Waals surface area contributed by atoms with Crippen LogP contribution in [0.15, 0.2) is 164 Å². The molecule has 11 rings (SSSR count). The van der Waals surface area contributed by atoms with Crippen LogP contribution < -0.4 is 0 Å². The largest absolute Gasteiger partial charge is 0.338 e. The highest BCUT2D eigenvalue weighted by atomic mass is 32.1. The van der Waals surface area contributed by atoms with Crippen LogP contribution in [0.1, 0.15) is 0 Å². The zero-order chi connectivity index (χ0) is 34.9. The summed E-state index contributed by atoms with van der Waals surface area (Å²) in [7, 11) is 0. The SMILES string of the molecule is c1ccc(-c2nc(-c3cccc4sc5cc(-c6ccc(-c7nc8ccccc8[nH]7)cc6)ccc5c34)nc(-n3c4ccccc4c4ccccc43)n2)cc1. The molecule has 4 aromatic heterocycles. The molecule has 11 aromatic rings. The fraction of sp³-hybridized carbons (Fsp3) is 0. The number of rotatable bonds is 5. The second kappa shape index (κ2) is 11.8. The van der Waals surface area contributed by atoms with Crippen molar-refractivity contribution in [3.05, 3.63) is 164 Å². The molecule has 248 valence electrons. The fourth-order valence-electron chi connectivity index (χ4n) is 7.54. The second-order valence-electron chi connectivity index (χ2n) is 13.2. The number of aromatic nitrogens is 6. The summed E-state index contributed by atoms with van der Waals surface area (Å²) in [5.41, 5.74) is 9.44. The van der Waals surface area contributed by atoms with Gasteiger partial charge in [-0.1, -0.05) is 127 Å². The Bertz CT molecular complexity index is 3090. The van der Waals surface area contributed by atoms with Gasteiger partial charge >= 0.3 is 0 Å². The number of hydrogen-bond acceptors (Lipinski definition) is 5. The van der Waals surface area contributed by atoms with Crippen molar-refractivity contribution in [1.29, 1.82) is 0 Å². The number of nitrogens with zero attached hydrogens (tertiary/aromatic N) is 5. The lowest BCUT2D eigenvalue weighted by atomic mass is 10.0. The zero-order valence-corrected chi connectivity index (χ0v) is 29.0. The average Bonchev–Trinajstić information content (AvgIpc) is 3.93. The Morgan fingerprint density at radius 3 is 1.92 bits per heavy atom. The van der Waals surface area contributed by atoms with Crippen LogP contribution in [-0.2, 0) is 0 Å². The van der Waals surface area contributed by atoms with Crippen LogP contribution in [0.5, 0.6) is 0 Å². The molecule has 0 saturated carbocycles. The van der Waals surface area contributed by atoms with Crippen LogP contribution in [0.25, 0.3) is 104 Å². The van der Waals surface area contributed by atoms with Gasteiger partial charge in [-0.15, -0.1) is 11.3 Å². The first-order valence-electron chi connectivity index (χ1n) is 17.6. The summed E-state index contributed by atoms with van der Waals surface area (Å²) in [4.78, 5) is 23.8. The number of hydrogen-bond donors (Lipinski definition) is 1. The maximum atomic E-state index is 5.26. The lowest BCUT2D eigenvalue weighted by Gasteiger charge is -2.11. The summed E-state index contributed by atoms with van der Waals surface area (Å²) in [6.07, 6.45) is 0. The van der Waals surface area contributed by atoms with Gasteiger partial charge in [0.05, 0.1) is 22.1 Å². The number of para-hydroxylation sites is 4. The molecular formula is C46H28N6S. The van der Waals surface area contributed by atoms with Gasteiger partial charge in [0.15, 0.2) is 11.6 Å². The highest BCUT2D eigenvalue weighted by Gasteiger charge is 2.20. The summed E-state index contributed by atoms with van der Waals surface area (Å²) in [6.45, 7) is 0. The standard InChI is InChI=1S/C46H28N6S/c1-2-11-29(12-3-1)44-49-45(51-46(50-44)52-38-18-8-4-13-32(38)33-14-5-9-19-39(33)52)35-15-10-20-40-42(35)34-26-25-31(27-41(34)53-40)28-21-23-30(24-22-28)43-47-36-16-6-7-17-37(36)48-43/h1-27H,(H,47,48). The van der Waals surface area contributed by atoms with Crippen LogP contribution in [0.2, 0.25) is 0 Å². The molecule has 0 aliphatic heterocycles. The van der Waals surface area contributed by atoms with E-state index in [2.05, 4.69) is 137 Å². The summed E-state index contributed by atoms with van der Waals surface area (Å²) in [6, 6.07) is 57.0. The maximum Gasteiger partial charge on any atom is 0.238 e. The van der Waals surface area contributed by atoms with Crippen LogP contribution in [0.3, 0.4) is 0 Å². The number of H-pyrrole nitrogens is 1. The Morgan fingerprint density at radius 2 is 1.13 bits per heavy atom. The van der Waals surface area contributed by atoms with Gasteiger partial charge in [0.25, 0.3) is 0 Å². The summed E-state index contributed by atoms with van der Waals surface area (Å²) in [5, 5.41) is 4.66. The third-order valence-electron chi connectivity index (χ3n) is 10.1. The molecular weight excluding hydrogens is 669 g/mol. The molecule has 0 fully saturated rings. The Hall–Kier alpha value is -6.96. The van der Waals surface area contributed by atoms with E-state index in [9.17, 15) is 0 Å². The molecule has 6 nitrogen and oxygen atoms in total. The van der Waals surface area contributed by atoms with Gasteiger partial charge in [0, 0.05) is 47.6 Å². The Morgan fingerprint density at radius 1 is 0.453 bits per heavy atom. The second-order valence-corrected chi connectivity index (χ2v) is 14.3. The summed E-state index contributed by atoms with van der Waals surface area (Å²) >= 11 is 1.80. The molecule has 0 unspecified atom stereocenters. The predicted molar refractivity (Wildman–Crippen MR) is 218 cm³/mol. The number of nitrogens with one attached hydrogen (secondary N) is 1. The fourth-order valence-corrected chi connectivity index (χ4v) is 8.71. The van der Waals surface area contributed by atoms with Crippen LogP contribution in [-0.4, -0.2) is 29.5 Å². The molecule has 0 spiro atoms. The van der Waals surface area contributed by atoms with E-state index in [1.807, 2.05) is 36.4 Å². The molecule has 0 bridgehead atoms. The van der Waals surface area contributed by atoms with Gasteiger partial charge < -0.3 is 4.98 Å². The molecule has 53 heavy (non-hydrogen) atoms. The van der Waals surface area contributed by atoms with E-state index in [1.165, 1.54) is 20.3 Å². The number of fused-ring (bicyclic) bond motifs is 7. The lowest BCUT2D eigenvalue weighted by molar-refractivity contribution is 0.954. The van der Waals surface area contributed by atoms with Crippen molar-refractivity contribution in [2.24, 2.45) is 0 Å². The molecule has 7 heteroatoms. The van der Waals surface area contributed by atoms with E-state index in [0.29, 0.717) is 17.6 Å². The molecule has 0 aliphatic rings. The van der Waals surface area contributed by atoms with Crippen molar-refractivity contribution in [3.8, 4) is 51.2 Å². The van der Waals surface area contributed by atoms with Gasteiger partial charge in [-0.05, 0) is 47.5 Å². The highest BCUT2D eigenvalue weighted by Crippen LogP contribution is 2.41. The minimum Gasteiger partial charge on any atom is -0.338 e. The highest BCUT2D eigenvalue weighted by molar-refractivity contribution is 7.26. The monoisotopic (exact) mass is 696 g/mol. The molecule has 0 aliphatic carbocycles. The van der Waals surface area contributed by atoms with Gasteiger partial charge in [-0.3, -0.25) is 4.57 Å². The van der Waals surface area contributed by atoms with Crippen molar-refractivity contribution < 1.29 is 0 Å². The third kappa shape index (κ3) is 4.86. The minimum absolute atomic E-state index is 0.594. The van der Waals surface area contributed by atoms with Crippen molar-refractivity contribution >= 4 is 64.3 Å². The van der Waals surface area contributed by atoms with Crippen molar-refractivity contribution in [2.75, 3.05) is 0 Å². The molecule has 1 N–H and O–H groups in total. The molecule has 0 atom stereocenters. The van der Waals surface area contributed by atoms with Crippen LogP contribution >= 0.6 is 11.3 Å². The van der Waals surface area contributed by atoms with Gasteiger partial charge in [0.2, 0.25) is 5.95 Å². The Kier molecular flexibility index (Phi) is 6.62. The number of benzene rings is 7. The number of imidazole rings is 1. The molecule has 0 saturated heterocycles. The van der Waals surface area contributed by atoms with Gasteiger partial charge in [-0.2, -0.15) is 9.97 Å².